The van der Waals surface area contributed by atoms with E-state index in [1.807, 2.05) is 43.5 Å². The van der Waals surface area contributed by atoms with Crippen molar-refractivity contribution in [2.45, 2.75) is 20.3 Å². The number of carbonyl (C=O) groups excluding carboxylic acids is 1. The van der Waals surface area contributed by atoms with Gasteiger partial charge >= 0.3 is 0 Å². The Hall–Kier alpha value is -1.88. The van der Waals surface area contributed by atoms with Crippen LogP contribution in [0, 0.1) is 0 Å². The summed E-state index contributed by atoms with van der Waals surface area (Å²) in [5.74, 6) is 0.0239. The van der Waals surface area contributed by atoms with Crippen molar-refractivity contribution in [1.29, 1.82) is 0 Å². The molecule has 0 saturated carbocycles. The second-order valence-electron chi connectivity index (χ2n) is 4.05. The molecular weight excluding hydrogens is 258 g/mol. The largest absolute Gasteiger partial charge is 0.362 e. The summed E-state index contributed by atoms with van der Waals surface area (Å²) in [5, 5.41) is 8.98. The molecule has 0 aliphatic rings. The van der Waals surface area contributed by atoms with Crippen LogP contribution in [-0.2, 0) is 4.79 Å². The van der Waals surface area contributed by atoms with Gasteiger partial charge in [-0.1, -0.05) is 19.1 Å². The van der Waals surface area contributed by atoms with Gasteiger partial charge in [-0.25, -0.2) is 4.98 Å². The summed E-state index contributed by atoms with van der Waals surface area (Å²) in [7, 11) is 0. The van der Waals surface area contributed by atoms with Gasteiger partial charge in [0.2, 0.25) is 5.91 Å². The number of benzene rings is 1. The Morgan fingerprint density at radius 1 is 1.26 bits per heavy atom. The van der Waals surface area contributed by atoms with Crippen molar-refractivity contribution < 1.29 is 4.79 Å². The van der Waals surface area contributed by atoms with Crippen LogP contribution in [0.15, 0.2) is 29.6 Å². The summed E-state index contributed by atoms with van der Waals surface area (Å²) in [6.45, 7) is 4.75. The zero-order chi connectivity index (χ0) is 13.7. The molecular formula is C14H17N3OS. The third-order valence-electron chi connectivity index (χ3n) is 2.62. The van der Waals surface area contributed by atoms with Crippen molar-refractivity contribution in [1.82, 2.24) is 4.98 Å². The predicted molar refractivity (Wildman–Crippen MR) is 80.6 cm³/mol. The normalized spacial score (nSPS) is 10.2. The van der Waals surface area contributed by atoms with E-state index in [1.165, 1.54) is 0 Å². The number of hydrogen-bond donors (Lipinski definition) is 2. The van der Waals surface area contributed by atoms with Gasteiger partial charge in [0.25, 0.3) is 0 Å². The van der Waals surface area contributed by atoms with Gasteiger partial charge in [0.15, 0.2) is 5.13 Å². The van der Waals surface area contributed by atoms with Crippen LogP contribution in [0.5, 0.6) is 0 Å². The molecule has 5 heteroatoms. The minimum atomic E-state index is 0.0239. The van der Waals surface area contributed by atoms with Crippen molar-refractivity contribution >= 4 is 28.1 Å². The van der Waals surface area contributed by atoms with Gasteiger partial charge < -0.3 is 10.6 Å². The van der Waals surface area contributed by atoms with Gasteiger partial charge in [0.1, 0.15) is 0 Å². The highest BCUT2D eigenvalue weighted by Gasteiger charge is 2.04. The SMILES string of the molecule is CCNc1nc(-c2ccc(NC(=O)CC)cc2)cs1. The number of nitrogens with one attached hydrogen (secondary N) is 2. The number of rotatable bonds is 5. The lowest BCUT2D eigenvalue weighted by molar-refractivity contribution is -0.115. The number of anilines is 2. The first kappa shape index (κ1) is 13.5. The van der Waals surface area contributed by atoms with Crippen molar-refractivity contribution in [3.05, 3.63) is 29.6 Å². The van der Waals surface area contributed by atoms with Crippen molar-refractivity contribution in [2.24, 2.45) is 0 Å². The Kier molecular flexibility index (Phi) is 4.52. The van der Waals surface area contributed by atoms with Gasteiger partial charge in [0, 0.05) is 29.6 Å². The third-order valence-corrected chi connectivity index (χ3v) is 3.42. The fourth-order valence-electron chi connectivity index (χ4n) is 1.61. The predicted octanol–water partition coefficient (Wildman–Crippen LogP) is 3.59. The molecule has 1 heterocycles. The van der Waals surface area contributed by atoms with E-state index in [1.54, 1.807) is 11.3 Å². The first-order chi connectivity index (χ1) is 9.22. The van der Waals surface area contributed by atoms with Gasteiger partial charge in [0.05, 0.1) is 5.69 Å². The van der Waals surface area contributed by atoms with Crippen LogP contribution in [0.25, 0.3) is 11.3 Å². The molecule has 0 fully saturated rings. The molecule has 2 aromatic rings. The molecule has 1 aromatic heterocycles. The molecule has 1 amide bonds. The average molecular weight is 275 g/mol. The van der Waals surface area contributed by atoms with Crippen LogP contribution in [0.1, 0.15) is 20.3 Å². The highest BCUT2D eigenvalue weighted by molar-refractivity contribution is 7.14. The van der Waals surface area contributed by atoms with Crippen molar-refractivity contribution in [2.75, 3.05) is 17.2 Å². The molecule has 0 aliphatic carbocycles. The Balaban J connectivity index is 2.10. The fourth-order valence-corrected chi connectivity index (χ4v) is 2.40. The quantitative estimate of drug-likeness (QED) is 0.876. The molecule has 1 aromatic carbocycles. The summed E-state index contributed by atoms with van der Waals surface area (Å²) >= 11 is 1.60. The van der Waals surface area contributed by atoms with Gasteiger partial charge in [-0.05, 0) is 19.1 Å². The first-order valence-corrected chi connectivity index (χ1v) is 7.20. The summed E-state index contributed by atoms with van der Waals surface area (Å²) in [5.41, 5.74) is 2.82. The van der Waals surface area contributed by atoms with Crippen LogP contribution in [0.2, 0.25) is 0 Å². The Morgan fingerprint density at radius 3 is 2.63 bits per heavy atom. The number of aromatic nitrogens is 1. The van der Waals surface area contributed by atoms with E-state index >= 15 is 0 Å². The Bertz CT molecular complexity index is 548. The molecule has 0 unspecified atom stereocenters. The summed E-state index contributed by atoms with van der Waals surface area (Å²) < 4.78 is 0. The molecule has 0 aliphatic heterocycles. The number of nitrogens with zero attached hydrogens (tertiary/aromatic N) is 1. The van der Waals surface area contributed by atoms with E-state index in [2.05, 4.69) is 15.6 Å². The maximum Gasteiger partial charge on any atom is 0.224 e. The summed E-state index contributed by atoms with van der Waals surface area (Å²) in [6.07, 6.45) is 0.486. The zero-order valence-corrected chi connectivity index (χ0v) is 11.9. The fraction of sp³-hybridized carbons (Fsp3) is 0.286. The van der Waals surface area contributed by atoms with Crippen LogP contribution in [-0.4, -0.2) is 17.4 Å². The van der Waals surface area contributed by atoms with Crippen molar-refractivity contribution in [3.63, 3.8) is 0 Å². The van der Waals surface area contributed by atoms with Crippen molar-refractivity contribution in [3.8, 4) is 11.3 Å². The lowest BCUT2D eigenvalue weighted by Crippen LogP contribution is -2.08. The van der Waals surface area contributed by atoms with Gasteiger partial charge in [-0.15, -0.1) is 11.3 Å². The van der Waals surface area contributed by atoms with Crippen LogP contribution in [0.3, 0.4) is 0 Å². The molecule has 2 rings (SSSR count). The summed E-state index contributed by atoms with van der Waals surface area (Å²) in [4.78, 5) is 15.8. The molecule has 0 spiro atoms. The average Bonchev–Trinajstić information content (AvgIpc) is 2.88. The first-order valence-electron chi connectivity index (χ1n) is 6.32. The lowest BCUT2D eigenvalue weighted by atomic mass is 10.1. The van der Waals surface area contributed by atoms with Gasteiger partial charge in [-0.2, -0.15) is 0 Å². The van der Waals surface area contributed by atoms with Crippen LogP contribution in [0.4, 0.5) is 10.8 Å². The standard InChI is InChI=1S/C14H17N3OS/c1-3-13(18)16-11-7-5-10(6-8-11)12-9-19-14(17-12)15-4-2/h5-9H,3-4H2,1-2H3,(H,15,17)(H,16,18). The van der Waals surface area contributed by atoms with Gasteiger partial charge in [-0.3, -0.25) is 4.79 Å². The molecule has 0 saturated heterocycles. The topological polar surface area (TPSA) is 54.0 Å². The molecule has 0 bridgehead atoms. The van der Waals surface area contributed by atoms with Crippen LogP contribution < -0.4 is 10.6 Å². The molecule has 2 N–H and O–H groups in total. The molecule has 4 nitrogen and oxygen atoms in total. The number of carbonyl (C=O) groups is 1. The third kappa shape index (κ3) is 3.54. The maximum absolute atomic E-state index is 11.3. The van der Waals surface area contributed by atoms with E-state index in [0.717, 1.165) is 28.6 Å². The molecule has 19 heavy (non-hydrogen) atoms. The number of thiazole rings is 1. The molecule has 0 radical (unpaired) electrons. The van der Waals surface area contributed by atoms with Crippen LogP contribution >= 0.6 is 11.3 Å². The highest BCUT2D eigenvalue weighted by Crippen LogP contribution is 2.25. The Labute approximate surface area is 116 Å². The summed E-state index contributed by atoms with van der Waals surface area (Å²) in [6, 6.07) is 7.73. The Morgan fingerprint density at radius 2 is 2.00 bits per heavy atom. The van der Waals surface area contributed by atoms with E-state index in [-0.39, 0.29) is 5.91 Å². The van der Waals surface area contributed by atoms with E-state index in [0.29, 0.717) is 6.42 Å². The monoisotopic (exact) mass is 275 g/mol. The smallest absolute Gasteiger partial charge is 0.224 e. The number of amides is 1. The zero-order valence-electron chi connectivity index (χ0n) is 11.1. The molecule has 0 atom stereocenters. The van der Waals surface area contributed by atoms with E-state index < -0.39 is 0 Å². The van der Waals surface area contributed by atoms with E-state index in [4.69, 9.17) is 0 Å². The van der Waals surface area contributed by atoms with E-state index in [9.17, 15) is 4.79 Å². The molecule has 100 valence electrons. The lowest BCUT2D eigenvalue weighted by Gasteiger charge is -2.04. The second-order valence-corrected chi connectivity index (χ2v) is 4.91. The highest BCUT2D eigenvalue weighted by atomic mass is 32.1. The minimum Gasteiger partial charge on any atom is -0.362 e. The maximum atomic E-state index is 11.3. The second kappa shape index (κ2) is 6.33. The number of hydrogen-bond acceptors (Lipinski definition) is 4. The minimum absolute atomic E-state index is 0.0239.